The quantitative estimate of drug-likeness (QED) is 0.889. The van der Waals surface area contributed by atoms with Crippen molar-refractivity contribution in [2.75, 3.05) is 11.9 Å². The van der Waals surface area contributed by atoms with E-state index in [1.165, 1.54) is 18.0 Å². The minimum atomic E-state index is 0.191. The van der Waals surface area contributed by atoms with Crippen LogP contribution in [0.3, 0.4) is 0 Å². The van der Waals surface area contributed by atoms with Gasteiger partial charge in [0, 0.05) is 18.9 Å². The maximum Gasteiger partial charge on any atom is 0.256 e. The second-order valence-electron chi connectivity index (χ2n) is 4.24. The Hall–Kier alpha value is -2.61. The Balaban J connectivity index is 1.98. The van der Waals surface area contributed by atoms with Gasteiger partial charge in [-0.1, -0.05) is 12.1 Å². The molecule has 5 nitrogen and oxygen atoms in total. The molecule has 0 bridgehead atoms. The summed E-state index contributed by atoms with van der Waals surface area (Å²) in [4.78, 5) is 8.00. The molecule has 1 aromatic heterocycles. The highest BCUT2D eigenvalue weighted by Gasteiger charge is 2.15. The zero-order valence-electron chi connectivity index (χ0n) is 10.3. The number of anilines is 1. The Kier molecular flexibility index (Phi) is 2.99. The molecule has 1 aromatic carbocycles. The van der Waals surface area contributed by atoms with E-state index >= 15 is 0 Å². The van der Waals surface area contributed by atoms with E-state index in [1.807, 2.05) is 18.2 Å². The van der Waals surface area contributed by atoms with Crippen molar-refractivity contribution in [3.63, 3.8) is 0 Å². The number of hydrogen-bond donors (Lipinski definition) is 1. The third-order valence-corrected chi connectivity index (χ3v) is 3.01. The van der Waals surface area contributed by atoms with Crippen molar-refractivity contribution in [3.8, 4) is 17.7 Å². The lowest BCUT2D eigenvalue weighted by Crippen LogP contribution is -2.12. The fourth-order valence-electron chi connectivity index (χ4n) is 2.14. The molecule has 0 amide bonds. The van der Waals surface area contributed by atoms with Crippen molar-refractivity contribution in [2.45, 2.75) is 12.8 Å². The highest BCUT2D eigenvalue weighted by molar-refractivity contribution is 5.64. The van der Waals surface area contributed by atoms with Gasteiger partial charge < -0.3 is 10.1 Å². The number of benzene rings is 1. The first-order valence-electron chi connectivity index (χ1n) is 6.13. The molecule has 3 rings (SSSR count). The predicted octanol–water partition coefficient (Wildman–Crippen LogP) is 2.50. The van der Waals surface area contributed by atoms with Gasteiger partial charge in [0.25, 0.3) is 5.88 Å². The van der Waals surface area contributed by atoms with Gasteiger partial charge in [-0.15, -0.1) is 0 Å². The molecule has 0 saturated heterocycles. The van der Waals surface area contributed by atoms with Crippen molar-refractivity contribution < 1.29 is 4.74 Å². The first-order valence-corrected chi connectivity index (χ1v) is 6.13. The number of aryl methyl sites for hydroxylation is 1. The average molecular weight is 252 g/mol. The summed E-state index contributed by atoms with van der Waals surface area (Å²) >= 11 is 0. The summed E-state index contributed by atoms with van der Waals surface area (Å²) < 4.78 is 5.74. The minimum absolute atomic E-state index is 0.191. The van der Waals surface area contributed by atoms with Gasteiger partial charge in [-0.05, 0) is 24.5 Å². The molecule has 0 fully saturated rings. The summed E-state index contributed by atoms with van der Waals surface area (Å²) in [6, 6.07) is 7.87. The van der Waals surface area contributed by atoms with Crippen LogP contribution < -0.4 is 10.1 Å². The van der Waals surface area contributed by atoms with Crippen LogP contribution in [0.1, 0.15) is 17.7 Å². The van der Waals surface area contributed by atoms with E-state index in [9.17, 15) is 0 Å². The zero-order chi connectivity index (χ0) is 13.1. The van der Waals surface area contributed by atoms with Crippen LogP contribution in [0.25, 0.3) is 0 Å². The second-order valence-corrected chi connectivity index (χ2v) is 4.24. The fraction of sp³-hybridized carbons (Fsp3) is 0.214. The first kappa shape index (κ1) is 11.5. The Morgan fingerprint density at radius 3 is 3.05 bits per heavy atom. The number of rotatable bonds is 2. The Labute approximate surface area is 110 Å². The van der Waals surface area contributed by atoms with Crippen LogP contribution in [0.2, 0.25) is 0 Å². The number of hydrogen-bond acceptors (Lipinski definition) is 5. The van der Waals surface area contributed by atoms with Crippen LogP contribution in [0, 0.1) is 11.3 Å². The summed E-state index contributed by atoms with van der Waals surface area (Å²) in [5.74, 6) is 0.931. The van der Waals surface area contributed by atoms with Gasteiger partial charge in [0.2, 0.25) is 5.69 Å². The van der Waals surface area contributed by atoms with Crippen molar-refractivity contribution in [3.05, 3.63) is 41.9 Å². The molecule has 1 aliphatic rings. The Morgan fingerprint density at radius 2 is 2.16 bits per heavy atom. The van der Waals surface area contributed by atoms with E-state index in [1.54, 1.807) is 0 Å². The number of ether oxygens (including phenoxy) is 1. The highest BCUT2D eigenvalue weighted by atomic mass is 16.5. The smallest absolute Gasteiger partial charge is 0.256 e. The van der Waals surface area contributed by atoms with Crippen LogP contribution in [0.15, 0.2) is 30.6 Å². The monoisotopic (exact) mass is 252 g/mol. The van der Waals surface area contributed by atoms with E-state index in [2.05, 4.69) is 21.4 Å². The van der Waals surface area contributed by atoms with E-state index < -0.39 is 0 Å². The Morgan fingerprint density at radius 1 is 1.26 bits per heavy atom. The molecular weight excluding hydrogens is 240 g/mol. The fourth-order valence-corrected chi connectivity index (χ4v) is 2.14. The molecule has 2 aromatic rings. The van der Waals surface area contributed by atoms with Crippen molar-refractivity contribution in [2.24, 2.45) is 0 Å². The molecule has 5 heteroatoms. The van der Waals surface area contributed by atoms with Gasteiger partial charge in [0.1, 0.15) is 6.07 Å². The number of fused-ring (bicyclic) bond motifs is 1. The molecule has 0 unspecified atom stereocenters. The van der Waals surface area contributed by atoms with Gasteiger partial charge >= 0.3 is 0 Å². The largest absolute Gasteiger partial charge is 0.434 e. The molecule has 2 heterocycles. The molecular formula is C14H12N4O. The lowest BCUT2D eigenvalue weighted by molar-refractivity contribution is 0.458. The number of nitrogens with one attached hydrogen (secondary N) is 1. The third-order valence-electron chi connectivity index (χ3n) is 3.01. The summed E-state index contributed by atoms with van der Waals surface area (Å²) in [5, 5.41) is 12.3. The SMILES string of the molecule is N#Cc1nccnc1Oc1cccc2c1NCCC2. The molecule has 19 heavy (non-hydrogen) atoms. The Bertz CT molecular complexity index is 648. The van der Waals surface area contributed by atoms with Crippen molar-refractivity contribution in [1.82, 2.24) is 9.97 Å². The predicted molar refractivity (Wildman–Crippen MR) is 70.1 cm³/mol. The first-order chi connectivity index (χ1) is 9.38. The topological polar surface area (TPSA) is 70.8 Å². The van der Waals surface area contributed by atoms with E-state index in [4.69, 9.17) is 10.00 Å². The third kappa shape index (κ3) is 2.20. The van der Waals surface area contributed by atoms with Crippen molar-refractivity contribution in [1.29, 1.82) is 5.26 Å². The van der Waals surface area contributed by atoms with Crippen LogP contribution in [-0.4, -0.2) is 16.5 Å². The lowest BCUT2D eigenvalue weighted by atomic mass is 10.0. The van der Waals surface area contributed by atoms with Crippen LogP contribution in [0.4, 0.5) is 5.69 Å². The number of para-hydroxylation sites is 1. The van der Waals surface area contributed by atoms with Gasteiger partial charge in [-0.2, -0.15) is 5.26 Å². The van der Waals surface area contributed by atoms with E-state index in [-0.39, 0.29) is 11.6 Å². The number of nitrogens with zero attached hydrogens (tertiary/aromatic N) is 3. The molecule has 0 radical (unpaired) electrons. The van der Waals surface area contributed by atoms with Crippen LogP contribution in [-0.2, 0) is 6.42 Å². The van der Waals surface area contributed by atoms with E-state index in [0.29, 0.717) is 5.75 Å². The molecule has 94 valence electrons. The molecule has 0 spiro atoms. The molecule has 1 aliphatic heterocycles. The standard InChI is InChI=1S/C14H12N4O/c15-9-11-14(18-8-7-16-11)19-12-5-1-3-10-4-2-6-17-13(10)12/h1,3,5,7-8,17H,2,4,6H2. The van der Waals surface area contributed by atoms with Crippen LogP contribution >= 0.6 is 0 Å². The normalized spacial score (nSPS) is 13.0. The van der Waals surface area contributed by atoms with Gasteiger partial charge in [0.05, 0.1) is 5.69 Å². The zero-order valence-corrected chi connectivity index (χ0v) is 10.3. The highest BCUT2D eigenvalue weighted by Crippen LogP contribution is 2.34. The summed E-state index contributed by atoms with van der Waals surface area (Å²) in [5.41, 5.74) is 2.41. The maximum absolute atomic E-state index is 8.99. The van der Waals surface area contributed by atoms with Crippen LogP contribution in [0.5, 0.6) is 11.6 Å². The summed E-state index contributed by atoms with van der Waals surface area (Å²) in [7, 11) is 0. The van der Waals surface area contributed by atoms with Gasteiger partial charge in [-0.25, -0.2) is 9.97 Å². The molecule has 0 aliphatic carbocycles. The number of nitriles is 1. The lowest BCUT2D eigenvalue weighted by Gasteiger charge is -2.20. The van der Waals surface area contributed by atoms with E-state index in [0.717, 1.165) is 25.1 Å². The summed E-state index contributed by atoms with van der Waals surface area (Å²) in [6.45, 7) is 0.930. The molecule has 1 N–H and O–H groups in total. The minimum Gasteiger partial charge on any atom is -0.434 e. The summed E-state index contributed by atoms with van der Waals surface area (Å²) in [6.07, 6.45) is 5.14. The second kappa shape index (κ2) is 4.94. The molecule has 0 atom stereocenters. The number of aromatic nitrogens is 2. The average Bonchev–Trinajstić information content (AvgIpc) is 2.48. The van der Waals surface area contributed by atoms with Crippen molar-refractivity contribution >= 4 is 5.69 Å². The van der Waals surface area contributed by atoms with Gasteiger partial charge in [-0.3, -0.25) is 0 Å². The maximum atomic E-state index is 8.99. The van der Waals surface area contributed by atoms with Gasteiger partial charge in [0.15, 0.2) is 5.75 Å². The molecule has 0 saturated carbocycles.